The Morgan fingerprint density at radius 2 is 1.86 bits per heavy atom. The van der Waals surface area contributed by atoms with E-state index in [0.29, 0.717) is 17.4 Å². The zero-order valence-corrected chi connectivity index (χ0v) is 12.6. The summed E-state index contributed by atoms with van der Waals surface area (Å²) in [6.07, 6.45) is 2.53. The Bertz CT molecular complexity index is 654. The first-order valence-electron chi connectivity index (χ1n) is 7.53. The lowest BCUT2D eigenvalue weighted by Gasteiger charge is -2.40. The van der Waals surface area contributed by atoms with Crippen LogP contribution >= 0.6 is 0 Å². The molecule has 0 spiro atoms. The predicted molar refractivity (Wildman–Crippen MR) is 82.3 cm³/mol. The zero-order chi connectivity index (χ0) is 15.0. The SMILES string of the molecule is CC1(C)CCN(C2=C(C#N)C(=O)Cc3ccccc32)CC1. The molecule has 0 saturated carbocycles. The highest BCUT2D eigenvalue weighted by molar-refractivity contribution is 6.09. The van der Waals surface area contributed by atoms with Crippen molar-refractivity contribution in [1.29, 1.82) is 5.26 Å². The molecular formula is C18H20N2O. The van der Waals surface area contributed by atoms with Crippen molar-refractivity contribution in [3.8, 4) is 6.07 Å². The smallest absolute Gasteiger partial charge is 0.179 e. The van der Waals surface area contributed by atoms with E-state index in [4.69, 9.17) is 0 Å². The van der Waals surface area contributed by atoms with Crippen LogP contribution in [-0.4, -0.2) is 23.8 Å². The molecule has 0 radical (unpaired) electrons. The summed E-state index contributed by atoms with van der Waals surface area (Å²) >= 11 is 0. The molecule has 108 valence electrons. The quantitative estimate of drug-likeness (QED) is 0.793. The fraction of sp³-hybridized carbons (Fsp3) is 0.444. The van der Waals surface area contributed by atoms with E-state index in [1.807, 2.05) is 24.3 Å². The lowest BCUT2D eigenvalue weighted by Crippen LogP contribution is -2.38. The van der Waals surface area contributed by atoms with Gasteiger partial charge in [0.05, 0.1) is 5.70 Å². The molecule has 1 aliphatic heterocycles. The molecule has 1 heterocycles. The molecule has 0 N–H and O–H groups in total. The van der Waals surface area contributed by atoms with E-state index in [2.05, 4.69) is 24.8 Å². The molecule has 1 saturated heterocycles. The molecule has 0 amide bonds. The Labute approximate surface area is 125 Å². The third-order valence-corrected chi connectivity index (χ3v) is 4.68. The minimum Gasteiger partial charge on any atom is -0.370 e. The Morgan fingerprint density at radius 3 is 2.52 bits per heavy atom. The maximum Gasteiger partial charge on any atom is 0.179 e. The van der Waals surface area contributed by atoms with Gasteiger partial charge in [0, 0.05) is 25.1 Å². The summed E-state index contributed by atoms with van der Waals surface area (Å²) in [6, 6.07) is 10.1. The summed E-state index contributed by atoms with van der Waals surface area (Å²) < 4.78 is 0. The second-order valence-electron chi connectivity index (χ2n) is 6.74. The van der Waals surface area contributed by atoms with Gasteiger partial charge in [-0.15, -0.1) is 0 Å². The number of piperidine rings is 1. The first kappa shape index (κ1) is 13.9. The van der Waals surface area contributed by atoms with Gasteiger partial charge in [0.1, 0.15) is 11.6 Å². The average Bonchev–Trinajstić information content (AvgIpc) is 2.46. The first-order chi connectivity index (χ1) is 10.0. The van der Waals surface area contributed by atoms with E-state index >= 15 is 0 Å². The predicted octanol–water partition coefficient (Wildman–Crippen LogP) is 3.17. The third kappa shape index (κ3) is 2.47. The lowest BCUT2D eigenvalue weighted by molar-refractivity contribution is -0.114. The van der Waals surface area contributed by atoms with Crippen LogP contribution in [-0.2, 0) is 11.2 Å². The number of allylic oxidation sites excluding steroid dienone is 1. The summed E-state index contributed by atoms with van der Waals surface area (Å²) in [5, 5.41) is 9.44. The maximum absolute atomic E-state index is 12.3. The van der Waals surface area contributed by atoms with Gasteiger partial charge in [0.15, 0.2) is 5.78 Å². The highest BCUT2D eigenvalue weighted by Gasteiger charge is 2.32. The minimum atomic E-state index is -0.0453. The summed E-state index contributed by atoms with van der Waals surface area (Å²) in [4.78, 5) is 14.5. The van der Waals surface area contributed by atoms with Crippen LogP contribution in [0.25, 0.3) is 5.70 Å². The molecule has 0 aromatic heterocycles. The van der Waals surface area contributed by atoms with E-state index < -0.39 is 0 Å². The van der Waals surface area contributed by atoms with Gasteiger partial charge in [0.25, 0.3) is 0 Å². The van der Waals surface area contributed by atoms with Crippen LogP contribution in [0.5, 0.6) is 0 Å². The van der Waals surface area contributed by atoms with Crippen molar-refractivity contribution in [3.05, 3.63) is 41.0 Å². The van der Waals surface area contributed by atoms with E-state index in [-0.39, 0.29) is 5.78 Å². The molecule has 3 heteroatoms. The van der Waals surface area contributed by atoms with Crippen LogP contribution in [0, 0.1) is 16.7 Å². The number of likely N-dealkylation sites (tertiary alicyclic amines) is 1. The van der Waals surface area contributed by atoms with Gasteiger partial charge in [-0.25, -0.2) is 0 Å². The summed E-state index contributed by atoms with van der Waals surface area (Å²) in [5.41, 5.74) is 3.66. The summed E-state index contributed by atoms with van der Waals surface area (Å²) in [7, 11) is 0. The highest BCUT2D eigenvalue weighted by atomic mass is 16.1. The molecule has 1 aromatic rings. The molecule has 0 unspecified atom stereocenters. The van der Waals surface area contributed by atoms with Gasteiger partial charge < -0.3 is 4.90 Å². The second-order valence-corrected chi connectivity index (χ2v) is 6.74. The number of Topliss-reactive ketones (excluding diaryl/α,β-unsaturated/α-hetero) is 1. The fourth-order valence-electron chi connectivity index (χ4n) is 3.21. The number of hydrogen-bond donors (Lipinski definition) is 0. The van der Waals surface area contributed by atoms with Gasteiger partial charge in [-0.3, -0.25) is 4.79 Å². The molecule has 21 heavy (non-hydrogen) atoms. The minimum absolute atomic E-state index is 0.0453. The number of nitrogens with zero attached hydrogens (tertiary/aromatic N) is 2. The average molecular weight is 280 g/mol. The highest BCUT2D eigenvalue weighted by Crippen LogP contribution is 2.37. The van der Waals surface area contributed by atoms with Crippen molar-refractivity contribution in [2.45, 2.75) is 33.1 Å². The van der Waals surface area contributed by atoms with Gasteiger partial charge in [-0.1, -0.05) is 38.1 Å². The lowest BCUT2D eigenvalue weighted by atomic mass is 9.81. The van der Waals surface area contributed by atoms with Crippen LogP contribution in [0.3, 0.4) is 0 Å². The molecule has 2 aliphatic rings. The normalized spacial score (nSPS) is 21.0. The number of carbonyl (C=O) groups is 1. The van der Waals surface area contributed by atoms with E-state index in [1.54, 1.807) is 0 Å². The van der Waals surface area contributed by atoms with Gasteiger partial charge in [0.2, 0.25) is 0 Å². The molecule has 0 bridgehead atoms. The third-order valence-electron chi connectivity index (χ3n) is 4.68. The van der Waals surface area contributed by atoms with Crippen LogP contribution in [0.15, 0.2) is 29.8 Å². The molecule has 1 fully saturated rings. The number of fused-ring (bicyclic) bond motifs is 1. The number of benzene rings is 1. The Hall–Kier alpha value is -2.08. The van der Waals surface area contributed by atoms with Gasteiger partial charge in [-0.05, 0) is 23.8 Å². The molecule has 0 atom stereocenters. The molecule has 1 aromatic carbocycles. The standard InChI is InChI=1S/C18H20N2O/c1-18(2)7-9-20(10-8-18)17-14-6-4-3-5-13(14)11-16(21)15(17)12-19/h3-6H,7-11H2,1-2H3. The number of rotatable bonds is 1. The maximum atomic E-state index is 12.3. The number of nitriles is 1. The monoisotopic (exact) mass is 280 g/mol. The molecule has 3 rings (SSSR count). The van der Waals surface area contributed by atoms with Gasteiger partial charge in [-0.2, -0.15) is 5.26 Å². The summed E-state index contributed by atoms with van der Waals surface area (Å²) in [6.45, 7) is 6.39. The summed E-state index contributed by atoms with van der Waals surface area (Å²) in [5.74, 6) is -0.0453. The van der Waals surface area contributed by atoms with Gasteiger partial charge >= 0.3 is 0 Å². The van der Waals surface area contributed by atoms with Crippen LogP contribution in [0.2, 0.25) is 0 Å². The Balaban J connectivity index is 2.05. The van der Waals surface area contributed by atoms with Crippen molar-refractivity contribution in [2.24, 2.45) is 5.41 Å². The number of ketones is 1. The molecule has 1 aliphatic carbocycles. The zero-order valence-electron chi connectivity index (χ0n) is 12.6. The van der Waals surface area contributed by atoms with E-state index in [9.17, 15) is 10.1 Å². The molecular weight excluding hydrogens is 260 g/mol. The fourth-order valence-corrected chi connectivity index (χ4v) is 3.21. The Morgan fingerprint density at radius 1 is 1.19 bits per heavy atom. The van der Waals surface area contributed by atoms with Crippen LogP contribution in [0.1, 0.15) is 37.8 Å². The van der Waals surface area contributed by atoms with Crippen molar-refractivity contribution in [2.75, 3.05) is 13.1 Å². The van der Waals surface area contributed by atoms with Crippen LogP contribution in [0.4, 0.5) is 0 Å². The van der Waals surface area contributed by atoms with Crippen molar-refractivity contribution < 1.29 is 4.79 Å². The largest absolute Gasteiger partial charge is 0.370 e. The topological polar surface area (TPSA) is 44.1 Å². The van der Waals surface area contributed by atoms with E-state index in [1.165, 1.54) is 0 Å². The first-order valence-corrected chi connectivity index (χ1v) is 7.53. The van der Waals surface area contributed by atoms with Crippen molar-refractivity contribution >= 4 is 11.5 Å². The Kier molecular flexibility index (Phi) is 3.33. The van der Waals surface area contributed by atoms with E-state index in [0.717, 1.165) is 42.8 Å². The number of hydrogen-bond acceptors (Lipinski definition) is 3. The van der Waals surface area contributed by atoms with Crippen molar-refractivity contribution in [3.63, 3.8) is 0 Å². The second kappa shape index (κ2) is 5.04. The van der Waals surface area contributed by atoms with Crippen molar-refractivity contribution in [1.82, 2.24) is 4.90 Å². The van der Waals surface area contributed by atoms with Crippen LogP contribution < -0.4 is 0 Å². The number of carbonyl (C=O) groups excluding carboxylic acids is 1. The molecule has 3 nitrogen and oxygen atoms in total.